The smallest absolute Gasteiger partial charge is 0.253 e. The molecule has 2 aromatic rings. The number of aromatic amines is 2. The van der Waals surface area contributed by atoms with Gasteiger partial charge < -0.3 is 20.0 Å². The highest BCUT2D eigenvalue weighted by Gasteiger charge is 2.40. The first-order valence-corrected chi connectivity index (χ1v) is 9.55. The number of fused-ring (bicyclic) bond motifs is 1. The number of benzene rings is 1. The molecule has 2 aliphatic heterocycles. The molecule has 2 atom stereocenters. The van der Waals surface area contributed by atoms with E-state index >= 15 is 0 Å². The number of rotatable bonds is 2. The molecule has 1 amide bonds. The molecule has 5 nitrogen and oxygen atoms in total. The lowest BCUT2D eigenvalue weighted by atomic mass is 9.89. The Morgan fingerprint density at radius 1 is 1.46 bits per heavy atom. The van der Waals surface area contributed by atoms with E-state index in [2.05, 4.69) is 15.3 Å². The molecule has 3 heterocycles. The van der Waals surface area contributed by atoms with Crippen LogP contribution in [0.5, 0.6) is 0 Å². The number of thioether (sulfide) groups is 1. The van der Waals surface area contributed by atoms with Crippen LogP contribution in [-0.4, -0.2) is 45.6 Å². The van der Waals surface area contributed by atoms with Crippen molar-refractivity contribution < 1.29 is 13.9 Å². The van der Waals surface area contributed by atoms with Crippen molar-refractivity contribution in [3.8, 4) is 0 Å². The van der Waals surface area contributed by atoms with Crippen LogP contribution in [0.25, 0.3) is 11.0 Å². The number of carbonyl (C=O) groups is 1. The molecule has 0 saturated carbocycles. The molecule has 0 aliphatic carbocycles. The fraction of sp³-hybridized carbons (Fsp3) is 0.500. The number of carbonyl (C=O) groups excluding carboxylic acids is 1. The van der Waals surface area contributed by atoms with E-state index in [0.29, 0.717) is 22.4 Å². The van der Waals surface area contributed by atoms with Crippen molar-refractivity contribution in [1.82, 2.24) is 15.3 Å². The lowest BCUT2D eigenvalue weighted by Crippen LogP contribution is -2.48. The van der Waals surface area contributed by atoms with E-state index in [1.165, 1.54) is 12.1 Å². The van der Waals surface area contributed by atoms with Crippen molar-refractivity contribution in [2.24, 2.45) is 0 Å². The standard InChI is InChI=1S/C16H18FN3O2S2/c17-9-5-11(13-12(6-9)19-15(23)20-13)14(21)18-10-1-3-22-16(7-10)2-4-24-8-16/h5-6,10H,1-4,7-8H2,(H,18,21)(H2,19,20,23). The summed E-state index contributed by atoms with van der Waals surface area (Å²) in [5.41, 5.74) is 1.21. The van der Waals surface area contributed by atoms with Gasteiger partial charge in [-0.25, -0.2) is 4.39 Å². The third-order valence-corrected chi connectivity index (χ3v) is 6.16. The van der Waals surface area contributed by atoms with Gasteiger partial charge in [-0.1, -0.05) is 0 Å². The summed E-state index contributed by atoms with van der Waals surface area (Å²) < 4.78 is 20.2. The van der Waals surface area contributed by atoms with Crippen molar-refractivity contribution in [2.75, 3.05) is 18.1 Å². The number of nitrogens with one attached hydrogen (secondary N) is 3. The average Bonchev–Trinajstić information content (AvgIpc) is 3.12. The Bertz CT molecular complexity index is 841. The Hall–Kier alpha value is -1.38. The fourth-order valence-corrected chi connectivity index (χ4v) is 5.15. The Kier molecular flexibility index (Phi) is 4.14. The average molecular weight is 367 g/mol. The molecule has 2 unspecified atom stereocenters. The molecule has 1 spiro atoms. The zero-order valence-corrected chi connectivity index (χ0v) is 14.6. The van der Waals surface area contributed by atoms with Gasteiger partial charge in [-0.2, -0.15) is 11.8 Å². The van der Waals surface area contributed by atoms with Crippen molar-refractivity contribution in [2.45, 2.75) is 30.9 Å². The number of amides is 1. The lowest BCUT2D eigenvalue weighted by molar-refractivity contribution is -0.0688. The highest BCUT2D eigenvalue weighted by molar-refractivity contribution is 7.99. The third-order valence-electron chi connectivity index (χ3n) is 4.73. The number of halogens is 1. The Balaban J connectivity index is 1.57. The van der Waals surface area contributed by atoms with E-state index in [0.717, 1.165) is 30.8 Å². The van der Waals surface area contributed by atoms with Gasteiger partial charge in [-0.15, -0.1) is 0 Å². The zero-order valence-electron chi connectivity index (χ0n) is 13.0. The molecular weight excluding hydrogens is 349 g/mol. The molecule has 3 N–H and O–H groups in total. The largest absolute Gasteiger partial charge is 0.374 e. The minimum atomic E-state index is -0.464. The fourth-order valence-electron chi connectivity index (χ4n) is 3.56. The maximum absolute atomic E-state index is 13.8. The van der Waals surface area contributed by atoms with Crippen LogP contribution in [0.1, 0.15) is 29.6 Å². The minimum Gasteiger partial charge on any atom is -0.374 e. The predicted octanol–water partition coefficient (Wildman–Crippen LogP) is 3.15. The van der Waals surface area contributed by atoms with Crippen LogP contribution in [0, 0.1) is 10.6 Å². The number of hydrogen-bond acceptors (Lipinski definition) is 4. The van der Waals surface area contributed by atoms with E-state index in [9.17, 15) is 9.18 Å². The van der Waals surface area contributed by atoms with Crippen molar-refractivity contribution in [3.63, 3.8) is 0 Å². The van der Waals surface area contributed by atoms with Crippen LogP contribution in [0.3, 0.4) is 0 Å². The van der Waals surface area contributed by atoms with E-state index < -0.39 is 5.82 Å². The Morgan fingerprint density at radius 3 is 3.12 bits per heavy atom. The number of aromatic nitrogens is 2. The molecule has 2 aliphatic rings. The SMILES string of the molecule is O=C(NC1CCOC2(CCSC2)C1)c1cc(F)cc2[nH]c(=S)[nH]c12. The van der Waals surface area contributed by atoms with Crippen LogP contribution in [0.2, 0.25) is 0 Å². The van der Waals surface area contributed by atoms with Crippen LogP contribution in [0.4, 0.5) is 4.39 Å². The summed E-state index contributed by atoms with van der Waals surface area (Å²) >= 11 is 6.94. The first-order chi connectivity index (χ1) is 11.5. The first-order valence-electron chi connectivity index (χ1n) is 7.99. The van der Waals surface area contributed by atoms with E-state index in [1.807, 2.05) is 11.8 Å². The second-order valence-electron chi connectivity index (χ2n) is 6.45. The van der Waals surface area contributed by atoms with E-state index in [4.69, 9.17) is 17.0 Å². The van der Waals surface area contributed by atoms with Gasteiger partial charge in [0.15, 0.2) is 4.77 Å². The molecule has 2 saturated heterocycles. The summed E-state index contributed by atoms with van der Waals surface area (Å²) in [5.74, 6) is 1.34. The maximum Gasteiger partial charge on any atom is 0.253 e. The Morgan fingerprint density at radius 2 is 2.33 bits per heavy atom. The van der Waals surface area contributed by atoms with Crippen molar-refractivity contribution >= 4 is 40.9 Å². The molecule has 24 heavy (non-hydrogen) atoms. The van der Waals surface area contributed by atoms with Gasteiger partial charge in [0.2, 0.25) is 0 Å². The highest BCUT2D eigenvalue weighted by atomic mass is 32.2. The molecule has 1 aromatic carbocycles. The third kappa shape index (κ3) is 2.98. The second-order valence-corrected chi connectivity index (χ2v) is 7.97. The predicted molar refractivity (Wildman–Crippen MR) is 94.6 cm³/mol. The molecule has 0 radical (unpaired) electrons. The topological polar surface area (TPSA) is 69.9 Å². The molecule has 1 aromatic heterocycles. The highest BCUT2D eigenvalue weighted by Crippen LogP contribution is 2.38. The maximum atomic E-state index is 13.8. The van der Waals surface area contributed by atoms with Gasteiger partial charge in [0, 0.05) is 18.4 Å². The summed E-state index contributed by atoms with van der Waals surface area (Å²) in [7, 11) is 0. The number of hydrogen-bond donors (Lipinski definition) is 3. The zero-order chi connectivity index (χ0) is 16.7. The van der Waals surface area contributed by atoms with Crippen molar-refractivity contribution in [1.29, 1.82) is 0 Å². The number of imidazole rings is 1. The molecule has 8 heteroatoms. The van der Waals surface area contributed by atoms with Gasteiger partial charge in [0.05, 0.1) is 22.2 Å². The quantitative estimate of drug-likeness (QED) is 0.713. The number of H-pyrrole nitrogens is 2. The van der Waals surface area contributed by atoms with Gasteiger partial charge in [0.1, 0.15) is 5.82 Å². The van der Waals surface area contributed by atoms with Crippen LogP contribution < -0.4 is 5.32 Å². The molecule has 2 fully saturated rings. The molecule has 128 valence electrons. The monoisotopic (exact) mass is 367 g/mol. The summed E-state index contributed by atoms with van der Waals surface area (Å²) in [6.07, 6.45) is 2.62. The van der Waals surface area contributed by atoms with Crippen LogP contribution in [0.15, 0.2) is 12.1 Å². The number of ether oxygens (including phenoxy) is 1. The first kappa shape index (κ1) is 16.1. The molecule has 0 bridgehead atoms. The molecule has 4 rings (SSSR count). The van der Waals surface area contributed by atoms with Gasteiger partial charge in [-0.05, 0) is 49.4 Å². The van der Waals surface area contributed by atoms with Gasteiger partial charge in [-0.3, -0.25) is 4.79 Å². The second kappa shape index (κ2) is 6.16. The molecular formula is C16H18FN3O2S2. The van der Waals surface area contributed by atoms with E-state index in [-0.39, 0.29) is 23.1 Å². The van der Waals surface area contributed by atoms with Gasteiger partial charge in [0.25, 0.3) is 5.91 Å². The normalized spacial score (nSPS) is 27.0. The van der Waals surface area contributed by atoms with E-state index in [1.54, 1.807) is 0 Å². The summed E-state index contributed by atoms with van der Waals surface area (Å²) in [5, 5.41) is 3.05. The lowest BCUT2D eigenvalue weighted by Gasteiger charge is -2.38. The van der Waals surface area contributed by atoms with Crippen LogP contribution in [-0.2, 0) is 4.74 Å². The Labute approximate surface area is 147 Å². The summed E-state index contributed by atoms with van der Waals surface area (Å²) in [4.78, 5) is 18.5. The van der Waals surface area contributed by atoms with Crippen LogP contribution >= 0.6 is 24.0 Å². The summed E-state index contributed by atoms with van der Waals surface area (Å²) in [6.45, 7) is 0.649. The van der Waals surface area contributed by atoms with Crippen molar-refractivity contribution in [3.05, 3.63) is 28.3 Å². The van der Waals surface area contributed by atoms with Gasteiger partial charge >= 0.3 is 0 Å². The summed E-state index contributed by atoms with van der Waals surface area (Å²) in [6, 6.07) is 2.62. The minimum absolute atomic E-state index is 0.0465.